The van der Waals surface area contributed by atoms with Crippen molar-refractivity contribution in [1.29, 1.82) is 0 Å². The molecule has 1 aromatic heterocycles. The fraction of sp³-hybridized carbons (Fsp3) is 0.533. The summed E-state index contributed by atoms with van der Waals surface area (Å²) < 4.78 is 2.34. The molecule has 1 aliphatic carbocycles. The number of aryl methyl sites for hydroxylation is 2. The Kier molecular flexibility index (Phi) is 3.33. The number of benzene rings is 1. The monoisotopic (exact) mass is 243 g/mol. The lowest BCUT2D eigenvalue weighted by Gasteiger charge is -2.06. The van der Waals surface area contributed by atoms with Crippen molar-refractivity contribution in [2.24, 2.45) is 0 Å². The predicted molar refractivity (Wildman–Crippen MR) is 74.8 cm³/mol. The molecule has 1 N–H and O–H groups in total. The van der Waals surface area contributed by atoms with Crippen molar-refractivity contribution in [1.82, 2.24) is 14.9 Å². The van der Waals surface area contributed by atoms with E-state index in [1.54, 1.807) is 0 Å². The first-order chi connectivity index (χ1) is 8.88. The zero-order valence-corrected chi connectivity index (χ0v) is 11.0. The minimum Gasteiger partial charge on any atom is -0.328 e. The normalized spacial score (nSPS) is 15.4. The molecule has 1 aliphatic rings. The van der Waals surface area contributed by atoms with Gasteiger partial charge in [-0.3, -0.25) is 0 Å². The van der Waals surface area contributed by atoms with E-state index < -0.39 is 0 Å². The second-order valence-corrected chi connectivity index (χ2v) is 5.09. The van der Waals surface area contributed by atoms with Crippen LogP contribution in [0, 0.1) is 0 Å². The summed E-state index contributed by atoms with van der Waals surface area (Å²) >= 11 is 0. The molecule has 0 atom stereocenters. The number of nitrogens with zero attached hydrogens (tertiary/aromatic N) is 2. The summed E-state index contributed by atoms with van der Waals surface area (Å²) in [5.41, 5.74) is 2.40. The Bertz CT molecular complexity index is 526. The van der Waals surface area contributed by atoms with Gasteiger partial charge in [-0.1, -0.05) is 12.1 Å². The molecule has 0 radical (unpaired) electrons. The number of nitrogens with one attached hydrogen (secondary N) is 1. The van der Waals surface area contributed by atoms with Gasteiger partial charge in [0.2, 0.25) is 0 Å². The topological polar surface area (TPSA) is 29.9 Å². The van der Waals surface area contributed by atoms with Gasteiger partial charge in [0.25, 0.3) is 0 Å². The van der Waals surface area contributed by atoms with Crippen molar-refractivity contribution in [3.05, 3.63) is 30.1 Å². The van der Waals surface area contributed by atoms with Crippen LogP contribution in [0.15, 0.2) is 24.3 Å². The number of hydrogen-bond donors (Lipinski definition) is 1. The van der Waals surface area contributed by atoms with Crippen LogP contribution in [-0.2, 0) is 13.0 Å². The molecule has 96 valence electrons. The molecule has 3 rings (SSSR count). The predicted octanol–water partition coefficient (Wildman–Crippen LogP) is 2.74. The van der Waals surface area contributed by atoms with E-state index in [1.165, 1.54) is 30.6 Å². The molecule has 3 heteroatoms. The molecule has 0 aliphatic heterocycles. The van der Waals surface area contributed by atoms with E-state index in [0.717, 1.165) is 31.1 Å². The maximum atomic E-state index is 4.75. The molecule has 1 fully saturated rings. The first-order valence-corrected chi connectivity index (χ1v) is 7.06. The minimum atomic E-state index is 0.815. The third-order valence-corrected chi connectivity index (χ3v) is 3.64. The lowest BCUT2D eigenvalue weighted by atomic mass is 10.3. The third-order valence-electron chi connectivity index (χ3n) is 3.64. The zero-order valence-electron chi connectivity index (χ0n) is 11.0. The molecule has 0 amide bonds. The zero-order chi connectivity index (χ0) is 12.4. The highest BCUT2D eigenvalue weighted by atomic mass is 15.1. The van der Waals surface area contributed by atoms with E-state index in [1.807, 2.05) is 0 Å². The first kappa shape index (κ1) is 11.7. The van der Waals surface area contributed by atoms with Gasteiger partial charge in [-0.15, -0.1) is 0 Å². The van der Waals surface area contributed by atoms with Crippen LogP contribution >= 0.6 is 0 Å². The number of para-hydroxylation sites is 2. The van der Waals surface area contributed by atoms with Crippen LogP contribution in [0.2, 0.25) is 0 Å². The van der Waals surface area contributed by atoms with Gasteiger partial charge in [0.05, 0.1) is 11.0 Å². The van der Waals surface area contributed by atoms with Crippen LogP contribution in [-0.4, -0.2) is 22.1 Å². The van der Waals surface area contributed by atoms with Crippen molar-refractivity contribution in [2.45, 2.75) is 45.2 Å². The van der Waals surface area contributed by atoms with Gasteiger partial charge in [0, 0.05) is 19.0 Å². The van der Waals surface area contributed by atoms with Gasteiger partial charge < -0.3 is 9.88 Å². The summed E-state index contributed by atoms with van der Waals surface area (Å²) in [6, 6.07) is 9.24. The van der Waals surface area contributed by atoms with Crippen LogP contribution in [0.3, 0.4) is 0 Å². The van der Waals surface area contributed by atoms with Gasteiger partial charge in [0.1, 0.15) is 5.82 Å². The quantitative estimate of drug-likeness (QED) is 0.791. The summed E-state index contributed by atoms with van der Waals surface area (Å²) in [5.74, 6) is 1.23. The Morgan fingerprint density at radius 1 is 1.33 bits per heavy atom. The Balaban J connectivity index is 1.69. The van der Waals surface area contributed by atoms with E-state index >= 15 is 0 Å². The van der Waals surface area contributed by atoms with Crippen molar-refractivity contribution in [2.75, 3.05) is 6.54 Å². The Hall–Kier alpha value is -1.35. The SMILES string of the molecule is CCn1c(CCCNC2CC2)nc2ccccc21. The summed E-state index contributed by atoms with van der Waals surface area (Å²) in [6.07, 6.45) is 4.99. The average Bonchev–Trinajstić information content (AvgIpc) is 3.14. The summed E-state index contributed by atoms with van der Waals surface area (Å²) in [7, 11) is 0. The Morgan fingerprint density at radius 3 is 2.94 bits per heavy atom. The molecule has 0 unspecified atom stereocenters. The number of rotatable bonds is 6. The molecule has 0 saturated heterocycles. The molecule has 18 heavy (non-hydrogen) atoms. The largest absolute Gasteiger partial charge is 0.328 e. The van der Waals surface area contributed by atoms with Crippen LogP contribution in [0.5, 0.6) is 0 Å². The molecule has 1 aromatic carbocycles. The van der Waals surface area contributed by atoms with Crippen molar-refractivity contribution >= 4 is 11.0 Å². The van der Waals surface area contributed by atoms with E-state index in [2.05, 4.69) is 41.1 Å². The van der Waals surface area contributed by atoms with Crippen molar-refractivity contribution in [3.63, 3.8) is 0 Å². The van der Waals surface area contributed by atoms with Crippen LogP contribution in [0.1, 0.15) is 32.0 Å². The van der Waals surface area contributed by atoms with E-state index in [9.17, 15) is 0 Å². The van der Waals surface area contributed by atoms with E-state index in [0.29, 0.717) is 0 Å². The van der Waals surface area contributed by atoms with Crippen molar-refractivity contribution in [3.8, 4) is 0 Å². The maximum Gasteiger partial charge on any atom is 0.109 e. The summed E-state index contributed by atoms with van der Waals surface area (Å²) in [6.45, 7) is 4.32. The van der Waals surface area contributed by atoms with Gasteiger partial charge in [-0.05, 0) is 44.9 Å². The smallest absolute Gasteiger partial charge is 0.109 e. The average molecular weight is 243 g/mol. The van der Waals surface area contributed by atoms with Crippen LogP contribution < -0.4 is 5.32 Å². The molecular weight excluding hydrogens is 222 g/mol. The second kappa shape index (κ2) is 5.11. The molecule has 2 aromatic rings. The Labute approximate surface area is 108 Å². The van der Waals surface area contributed by atoms with E-state index in [4.69, 9.17) is 4.98 Å². The Morgan fingerprint density at radius 2 is 2.17 bits per heavy atom. The molecule has 1 saturated carbocycles. The molecule has 0 spiro atoms. The summed E-state index contributed by atoms with van der Waals surface area (Å²) in [5, 5.41) is 3.56. The van der Waals surface area contributed by atoms with Gasteiger partial charge in [-0.25, -0.2) is 4.98 Å². The van der Waals surface area contributed by atoms with Gasteiger partial charge >= 0.3 is 0 Å². The highest BCUT2D eigenvalue weighted by Gasteiger charge is 2.19. The summed E-state index contributed by atoms with van der Waals surface area (Å²) in [4.78, 5) is 4.75. The number of hydrogen-bond acceptors (Lipinski definition) is 2. The fourth-order valence-electron chi connectivity index (χ4n) is 2.51. The first-order valence-electron chi connectivity index (χ1n) is 7.06. The number of aromatic nitrogens is 2. The molecule has 3 nitrogen and oxygen atoms in total. The highest BCUT2D eigenvalue weighted by Crippen LogP contribution is 2.19. The highest BCUT2D eigenvalue weighted by molar-refractivity contribution is 5.75. The fourth-order valence-corrected chi connectivity index (χ4v) is 2.51. The third kappa shape index (κ3) is 2.41. The lowest BCUT2D eigenvalue weighted by Crippen LogP contribution is -2.18. The number of imidazole rings is 1. The number of fused-ring (bicyclic) bond motifs is 1. The standard InChI is InChI=1S/C15H21N3/c1-2-18-14-7-4-3-6-13(14)17-15(18)8-5-11-16-12-9-10-12/h3-4,6-7,12,16H,2,5,8-11H2,1H3. The molecule has 0 bridgehead atoms. The van der Waals surface area contributed by atoms with Gasteiger partial charge in [-0.2, -0.15) is 0 Å². The van der Waals surface area contributed by atoms with Crippen LogP contribution in [0.25, 0.3) is 11.0 Å². The van der Waals surface area contributed by atoms with Gasteiger partial charge in [0.15, 0.2) is 0 Å². The van der Waals surface area contributed by atoms with Crippen LogP contribution in [0.4, 0.5) is 0 Å². The van der Waals surface area contributed by atoms with Crippen molar-refractivity contribution < 1.29 is 0 Å². The maximum absolute atomic E-state index is 4.75. The minimum absolute atomic E-state index is 0.815. The molecule has 1 heterocycles. The second-order valence-electron chi connectivity index (χ2n) is 5.09. The molecular formula is C15H21N3. The van der Waals surface area contributed by atoms with E-state index in [-0.39, 0.29) is 0 Å². The lowest BCUT2D eigenvalue weighted by molar-refractivity contribution is 0.617.